The molecule has 0 aliphatic rings. The lowest BCUT2D eigenvalue weighted by Crippen LogP contribution is -2.37. The standard InChI is InChI=1S/C34H40N4O7S/c1-6-44-29-18-23(11-14-28(29)45-20(2)3)32(37-24-12-13-25-22(17-24)15-16-36-33(25)35)34(41)38-27(19-31(39)40)26-9-7-8-10-30(26)46(42,43)21(4)5/h7-18,20-21,27,32,37H,6,19H2,1-5H3,(H2,35,36)(H,38,41)(H,39,40)/t27?,32-/m1/s1. The monoisotopic (exact) mass is 648 g/mol. The van der Waals surface area contributed by atoms with Crippen molar-refractivity contribution in [3.8, 4) is 11.5 Å². The Morgan fingerprint density at radius 3 is 2.39 bits per heavy atom. The van der Waals surface area contributed by atoms with E-state index in [2.05, 4.69) is 15.6 Å². The molecule has 1 unspecified atom stereocenters. The zero-order valence-electron chi connectivity index (χ0n) is 26.5. The number of pyridine rings is 1. The molecule has 244 valence electrons. The smallest absolute Gasteiger partial charge is 0.305 e. The highest BCUT2D eigenvalue weighted by atomic mass is 32.2. The molecule has 1 aromatic heterocycles. The number of aromatic nitrogens is 1. The van der Waals surface area contributed by atoms with Crippen molar-refractivity contribution in [3.63, 3.8) is 0 Å². The minimum atomic E-state index is -3.80. The molecular weight excluding hydrogens is 608 g/mol. The van der Waals surface area contributed by atoms with Crippen molar-refractivity contribution >= 4 is 44.0 Å². The Hall–Kier alpha value is -4.84. The lowest BCUT2D eigenvalue weighted by molar-refractivity contribution is -0.137. The molecule has 1 amide bonds. The fraction of sp³-hybridized carbons (Fsp3) is 0.324. The molecule has 4 rings (SSSR count). The minimum Gasteiger partial charge on any atom is -0.490 e. The second kappa shape index (κ2) is 14.5. The van der Waals surface area contributed by atoms with Gasteiger partial charge < -0.3 is 30.9 Å². The molecule has 0 saturated carbocycles. The van der Waals surface area contributed by atoms with E-state index in [1.54, 1.807) is 68.6 Å². The second-order valence-corrected chi connectivity index (χ2v) is 13.8. The van der Waals surface area contributed by atoms with Crippen LogP contribution in [0.1, 0.15) is 64.3 Å². The topological polar surface area (TPSA) is 170 Å². The van der Waals surface area contributed by atoms with E-state index in [0.29, 0.717) is 35.2 Å². The number of aliphatic carboxylic acids is 1. The number of sulfone groups is 1. The molecular formula is C34H40N4O7S. The van der Waals surface area contributed by atoms with Crippen molar-refractivity contribution in [2.24, 2.45) is 0 Å². The van der Waals surface area contributed by atoms with Gasteiger partial charge >= 0.3 is 5.97 Å². The van der Waals surface area contributed by atoms with Gasteiger partial charge in [-0.25, -0.2) is 13.4 Å². The molecule has 0 aliphatic heterocycles. The molecule has 3 aromatic carbocycles. The van der Waals surface area contributed by atoms with E-state index < -0.39 is 45.5 Å². The number of carbonyl (C=O) groups is 2. The Labute approximate surface area is 269 Å². The summed E-state index contributed by atoms with van der Waals surface area (Å²) in [5.41, 5.74) is 7.31. The highest BCUT2D eigenvalue weighted by Gasteiger charge is 2.31. The van der Waals surface area contributed by atoms with Gasteiger partial charge in [0.15, 0.2) is 21.3 Å². The van der Waals surface area contributed by atoms with Gasteiger partial charge in [0, 0.05) is 17.3 Å². The highest BCUT2D eigenvalue weighted by Crippen LogP contribution is 2.35. The van der Waals surface area contributed by atoms with Gasteiger partial charge in [0.25, 0.3) is 0 Å². The van der Waals surface area contributed by atoms with Crippen molar-refractivity contribution in [1.82, 2.24) is 10.3 Å². The molecule has 12 heteroatoms. The number of nitrogens with two attached hydrogens (primary N) is 1. The van der Waals surface area contributed by atoms with Crippen LogP contribution in [-0.2, 0) is 19.4 Å². The number of carboxylic acid groups (broad SMARTS) is 1. The summed E-state index contributed by atoms with van der Waals surface area (Å²) >= 11 is 0. The van der Waals surface area contributed by atoms with Gasteiger partial charge in [-0.3, -0.25) is 9.59 Å². The predicted octanol–water partition coefficient (Wildman–Crippen LogP) is 5.67. The number of carboxylic acids is 1. The third kappa shape index (κ3) is 7.86. The van der Waals surface area contributed by atoms with Crippen LogP contribution in [0.15, 0.2) is 77.8 Å². The number of anilines is 2. The van der Waals surface area contributed by atoms with Gasteiger partial charge in [-0.2, -0.15) is 0 Å². The summed E-state index contributed by atoms with van der Waals surface area (Å²) in [4.78, 5) is 30.4. The van der Waals surface area contributed by atoms with Crippen LogP contribution in [0.5, 0.6) is 11.5 Å². The number of hydrogen-bond donors (Lipinski definition) is 4. The molecule has 46 heavy (non-hydrogen) atoms. The van der Waals surface area contributed by atoms with E-state index in [9.17, 15) is 23.1 Å². The molecule has 1 heterocycles. The number of ether oxygens (including phenoxy) is 2. The maximum Gasteiger partial charge on any atom is 0.305 e. The Morgan fingerprint density at radius 2 is 1.72 bits per heavy atom. The number of hydrogen-bond acceptors (Lipinski definition) is 9. The number of rotatable bonds is 14. The van der Waals surface area contributed by atoms with Crippen LogP contribution < -0.4 is 25.8 Å². The molecule has 0 aliphatic carbocycles. The van der Waals surface area contributed by atoms with Crippen LogP contribution in [0.2, 0.25) is 0 Å². The van der Waals surface area contributed by atoms with Gasteiger partial charge in [-0.15, -0.1) is 0 Å². The Kier molecular flexibility index (Phi) is 10.7. The van der Waals surface area contributed by atoms with Gasteiger partial charge in [-0.1, -0.05) is 24.3 Å². The first-order chi connectivity index (χ1) is 21.8. The van der Waals surface area contributed by atoms with E-state index >= 15 is 0 Å². The summed E-state index contributed by atoms with van der Waals surface area (Å²) in [6, 6.07) is 16.2. The van der Waals surface area contributed by atoms with Crippen molar-refractivity contribution in [1.29, 1.82) is 0 Å². The van der Waals surface area contributed by atoms with Gasteiger partial charge in [0.05, 0.1) is 35.3 Å². The maximum atomic E-state index is 14.2. The van der Waals surface area contributed by atoms with Gasteiger partial charge in [0.1, 0.15) is 11.9 Å². The summed E-state index contributed by atoms with van der Waals surface area (Å²) in [5, 5.41) is 16.7. The largest absolute Gasteiger partial charge is 0.490 e. The molecule has 4 aromatic rings. The molecule has 5 N–H and O–H groups in total. The molecule has 0 spiro atoms. The number of nitrogens with zero attached hydrogens (tertiary/aromatic N) is 1. The minimum absolute atomic E-state index is 0.0318. The number of fused-ring (bicyclic) bond motifs is 1. The fourth-order valence-corrected chi connectivity index (χ4v) is 6.35. The molecule has 11 nitrogen and oxygen atoms in total. The Balaban J connectivity index is 1.81. The zero-order valence-corrected chi connectivity index (χ0v) is 27.3. The number of nitrogens with one attached hydrogen (secondary N) is 2. The average molecular weight is 649 g/mol. The summed E-state index contributed by atoms with van der Waals surface area (Å²) in [7, 11) is -3.80. The van der Waals surface area contributed by atoms with Crippen molar-refractivity contribution in [2.75, 3.05) is 17.7 Å². The SMILES string of the molecule is CCOc1cc([C@@H](Nc2ccc3c(N)nccc3c2)C(=O)NC(CC(=O)O)c2ccccc2S(=O)(=O)C(C)C)ccc1OC(C)C. The Morgan fingerprint density at radius 1 is 0.978 bits per heavy atom. The maximum absolute atomic E-state index is 14.2. The van der Waals surface area contributed by atoms with Gasteiger partial charge in [0.2, 0.25) is 5.91 Å². The van der Waals surface area contributed by atoms with Crippen LogP contribution >= 0.6 is 0 Å². The van der Waals surface area contributed by atoms with Crippen LogP contribution in [0.4, 0.5) is 11.5 Å². The Bertz CT molecular complexity index is 1830. The lowest BCUT2D eigenvalue weighted by atomic mass is 10.0. The number of amides is 1. The average Bonchev–Trinajstić information content (AvgIpc) is 3.00. The quantitative estimate of drug-likeness (QED) is 0.134. The first kappa shape index (κ1) is 34.0. The first-order valence-electron chi connectivity index (χ1n) is 15.0. The first-order valence-corrected chi connectivity index (χ1v) is 16.6. The zero-order chi connectivity index (χ0) is 33.6. The summed E-state index contributed by atoms with van der Waals surface area (Å²) in [6.07, 6.45) is 0.921. The number of nitrogen functional groups attached to an aromatic ring is 1. The van der Waals surface area contributed by atoms with Crippen molar-refractivity contribution in [2.45, 2.75) is 69.4 Å². The van der Waals surface area contributed by atoms with E-state index in [1.165, 1.54) is 12.1 Å². The molecule has 2 atom stereocenters. The lowest BCUT2D eigenvalue weighted by Gasteiger charge is -2.26. The van der Waals surface area contributed by atoms with Crippen LogP contribution in [-0.4, -0.2) is 48.3 Å². The third-order valence-electron chi connectivity index (χ3n) is 7.25. The van der Waals surface area contributed by atoms with E-state index in [-0.39, 0.29) is 16.6 Å². The molecule has 0 fully saturated rings. The van der Waals surface area contributed by atoms with Crippen molar-refractivity contribution < 1.29 is 32.6 Å². The summed E-state index contributed by atoms with van der Waals surface area (Å²) in [6.45, 7) is 9.07. The summed E-state index contributed by atoms with van der Waals surface area (Å²) in [5.74, 6) is -0.489. The molecule has 0 radical (unpaired) electrons. The second-order valence-electron chi connectivity index (χ2n) is 11.3. The van der Waals surface area contributed by atoms with Crippen LogP contribution in [0.3, 0.4) is 0 Å². The highest BCUT2D eigenvalue weighted by molar-refractivity contribution is 7.92. The number of carbonyl (C=O) groups excluding carboxylic acids is 1. The fourth-order valence-electron chi connectivity index (χ4n) is 5.03. The van der Waals surface area contributed by atoms with E-state index in [0.717, 1.165) is 10.8 Å². The van der Waals surface area contributed by atoms with Gasteiger partial charge in [-0.05, 0) is 93.6 Å². The normalized spacial score (nSPS) is 12.9. The molecule has 0 bridgehead atoms. The van der Waals surface area contributed by atoms with Crippen LogP contribution in [0.25, 0.3) is 10.8 Å². The summed E-state index contributed by atoms with van der Waals surface area (Å²) < 4.78 is 38.3. The van der Waals surface area contributed by atoms with E-state index in [4.69, 9.17) is 15.2 Å². The van der Waals surface area contributed by atoms with Crippen LogP contribution in [0, 0.1) is 0 Å². The molecule has 0 saturated heterocycles. The van der Waals surface area contributed by atoms with Crippen molar-refractivity contribution in [3.05, 3.63) is 84.1 Å². The number of benzene rings is 3. The third-order valence-corrected chi connectivity index (χ3v) is 9.47. The predicted molar refractivity (Wildman–Crippen MR) is 178 cm³/mol. The van der Waals surface area contributed by atoms with E-state index in [1.807, 2.05) is 26.8 Å².